The number of nitrogens with zero attached hydrogens (tertiary/aromatic N) is 1. The summed E-state index contributed by atoms with van der Waals surface area (Å²) in [6.07, 6.45) is -0.538. The Bertz CT molecular complexity index is 1110. The number of benzene rings is 3. The highest BCUT2D eigenvalue weighted by molar-refractivity contribution is 7.77. The molecule has 178 valence electrons. The average Bonchev–Trinajstić information content (AvgIpc) is 2.81. The summed E-state index contributed by atoms with van der Waals surface area (Å²) in [5.41, 5.74) is 0.709. The van der Waals surface area contributed by atoms with Gasteiger partial charge in [-0.1, -0.05) is 80.6 Å². The minimum absolute atomic E-state index is 0.0357. The van der Waals surface area contributed by atoms with Crippen LogP contribution in [0.15, 0.2) is 95.8 Å². The number of rotatable bonds is 7. The van der Waals surface area contributed by atoms with Crippen LogP contribution in [0.4, 0.5) is 4.79 Å². The molecular weight excluding hydrogens is 443 g/mol. The van der Waals surface area contributed by atoms with E-state index in [4.69, 9.17) is 9.50 Å². The minimum Gasteiger partial charge on any atom is -0.444 e. The number of nitrogens with one attached hydrogen (secondary N) is 1. The van der Waals surface area contributed by atoms with Gasteiger partial charge in [-0.2, -0.15) is 0 Å². The Morgan fingerprint density at radius 1 is 0.824 bits per heavy atom. The predicted octanol–water partition coefficient (Wildman–Crippen LogP) is 5.95. The summed E-state index contributed by atoms with van der Waals surface area (Å²) in [7, 11) is -3.43. The monoisotopic (exact) mass is 476 g/mol. The summed E-state index contributed by atoms with van der Waals surface area (Å²) >= 11 is 0. The molecule has 0 aliphatic heterocycles. The van der Waals surface area contributed by atoms with E-state index in [0.717, 1.165) is 5.56 Å². The number of carbonyl (C=O) groups excluding carboxylic acids is 1. The third-order valence-electron chi connectivity index (χ3n) is 5.16. The lowest BCUT2D eigenvalue weighted by molar-refractivity contribution is 0.0508. The topological polar surface area (TPSA) is 67.8 Å². The van der Waals surface area contributed by atoms with Gasteiger partial charge in [-0.05, 0) is 56.5 Å². The maximum Gasteiger partial charge on any atom is 0.408 e. The highest BCUT2D eigenvalue weighted by atomic mass is 31.2. The number of hydrogen-bond donors (Lipinski definition) is 1. The van der Waals surface area contributed by atoms with Crippen LogP contribution >= 0.6 is 7.29 Å². The fraction of sp³-hybridized carbons (Fsp3) is 0.286. The molecular formula is C28H33N2O3P. The van der Waals surface area contributed by atoms with Gasteiger partial charge in [0, 0.05) is 10.6 Å². The summed E-state index contributed by atoms with van der Waals surface area (Å²) in [5, 5.41) is 4.25. The molecule has 0 radical (unpaired) electrons. The zero-order chi connectivity index (χ0) is 24.8. The Balaban J connectivity index is 2.21. The van der Waals surface area contributed by atoms with Crippen LogP contribution in [0.3, 0.4) is 0 Å². The normalized spacial score (nSPS) is 13.4. The van der Waals surface area contributed by atoms with Crippen LogP contribution in [0.1, 0.15) is 40.2 Å². The van der Waals surface area contributed by atoms with Crippen molar-refractivity contribution in [3.63, 3.8) is 0 Å². The van der Waals surface area contributed by atoms with E-state index in [-0.39, 0.29) is 5.92 Å². The van der Waals surface area contributed by atoms with Crippen molar-refractivity contribution in [2.45, 2.75) is 46.3 Å². The van der Waals surface area contributed by atoms with E-state index < -0.39 is 25.0 Å². The van der Waals surface area contributed by atoms with Crippen LogP contribution < -0.4 is 15.9 Å². The first-order valence-corrected chi connectivity index (χ1v) is 13.1. The van der Waals surface area contributed by atoms with Crippen molar-refractivity contribution in [2.24, 2.45) is 10.7 Å². The van der Waals surface area contributed by atoms with Gasteiger partial charge in [-0.15, -0.1) is 0 Å². The standard InChI is InChI=1S/C28H33N2O3P/c1-21(2)25(29-27(31)33-28(3,4)5)26(22-15-9-6-10-16-22)30-34(32,23-17-11-7-12-18-23)24-19-13-8-14-20-24/h6-21,25H,1-5H3,(H,29,31)/b30-26-/t25-/m0/s1. The minimum atomic E-state index is -3.43. The first-order chi connectivity index (χ1) is 16.1. The van der Waals surface area contributed by atoms with E-state index in [1.54, 1.807) is 0 Å². The molecule has 0 saturated carbocycles. The molecule has 0 heterocycles. The van der Waals surface area contributed by atoms with E-state index in [0.29, 0.717) is 16.3 Å². The molecule has 1 amide bonds. The fourth-order valence-corrected chi connectivity index (χ4v) is 5.79. The van der Waals surface area contributed by atoms with Gasteiger partial charge < -0.3 is 10.1 Å². The molecule has 0 aromatic heterocycles. The lowest BCUT2D eigenvalue weighted by atomic mass is 9.94. The van der Waals surface area contributed by atoms with Crippen LogP contribution in [0.5, 0.6) is 0 Å². The molecule has 3 rings (SSSR count). The second-order valence-electron chi connectivity index (χ2n) is 9.47. The smallest absolute Gasteiger partial charge is 0.408 e. The number of alkyl carbamates (subject to hydrolysis) is 1. The van der Waals surface area contributed by atoms with Gasteiger partial charge in [0.25, 0.3) is 0 Å². The Morgan fingerprint density at radius 2 is 1.26 bits per heavy atom. The first kappa shape index (κ1) is 25.5. The van der Waals surface area contributed by atoms with Gasteiger partial charge in [0.1, 0.15) is 5.60 Å². The number of hydrogen-bond acceptors (Lipinski definition) is 3. The Hall–Kier alpha value is -3.17. The van der Waals surface area contributed by atoms with Crippen molar-refractivity contribution in [3.8, 4) is 0 Å². The van der Waals surface area contributed by atoms with Gasteiger partial charge >= 0.3 is 6.09 Å². The molecule has 3 aromatic rings. The Morgan fingerprint density at radius 3 is 1.68 bits per heavy atom. The van der Waals surface area contributed by atoms with Crippen molar-refractivity contribution in [1.29, 1.82) is 0 Å². The highest BCUT2D eigenvalue weighted by Crippen LogP contribution is 2.46. The SMILES string of the molecule is CC(C)[C@H](NC(=O)OC(C)(C)C)/C(=N\P(=O)(c1ccccc1)c1ccccc1)c1ccccc1. The van der Waals surface area contributed by atoms with Crippen molar-refractivity contribution in [2.75, 3.05) is 0 Å². The number of carbonyl (C=O) groups is 1. The molecule has 6 heteroatoms. The molecule has 1 N–H and O–H groups in total. The molecule has 0 bridgehead atoms. The zero-order valence-corrected chi connectivity index (χ0v) is 21.3. The quantitative estimate of drug-likeness (QED) is 0.338. The van der Waals surface area contributed by atoms with E-state index in [1.807, 2.05) is 126 Å². The van der Waals surface area contributed by atoms with Crippen LogP contribution in [0.25, 0.3) is 0 Å². The highest BCUT2D eigenvalue weighted by Gasteiger charge is 2.32. The molecule has 3 aromatic carbocycles. The largest absolute Gasteiger partial charge is 0.444 e. The molecule has 0 fully saturated rings. The molecule has 5 nitrogen and oxygen atoms in total. The molecule has 34 heavy (non-hydrogen) atoms. The van der Waals surface area contributed by atoms with E-state index in [1.165, 1.54) is 0 Å². The van der Waals surface area contributed by atoms with Crippen LogP contribution in [0.2, 0.25) is 0 Å². The van der Waals surface area contributed by atoms with E-state index >= 15 is 0 Å². The predicted molar refractivity (Wildman–Crippen MR) is 141 cm³/mol. The first-order valence-electron chi connectivity index (χ1n) is 11.5. The van der Waals surface area contributed by atoms with Gasteiger partial charge in [0.2, 0.25) is 7.29 Å². The van der Waals surface area contributed by atoms with Crippen LogP contribution in [-0.4, -0.2) is 23.4 Å². The maximum atomic E-state index is 14.7. The summed E-state index contributed by atoms with van der Waals surface area (Å²) in [4.78, 5) is 12.8. The third kappa shape index (κ3) is 6.45. The average molecular weight is 477 g/mol. The van der Waals surface area contributed by atoms with Gasteiger partial charge in [0.15, 0.2) is 0 Å². The molecule has 0 unspecified atom stereocenters. The zero-order valence-electron chi connectivity index (χ0n) is 20.4. The number of ether oxygens (including phenoxy) is 1. The molecule has 0 aliphatic rings. The molecule has 0 saturated heterocycles. The molecule has 0 spiro atoms. The van der Waals surface area contributed by atoms with Crippen molar-refractivity contribution >= 4 is 29.7 Å². The summed E-state index contributed by atoms with van der Waals surface area (Å²) in [5.74, 6) is -0.0357. The van der Waals surface area contributed by atoms with Gasteiger partial charge in [0.05, 0.1) is 11.8 Å². The second kappa shape index (κ2) is 10.8. The summed E-state index contributed by atoms with van der Waals surface area (Å²) < 4.78 is 25.2. The maximum absolute atomic E-state index is 14.7. The van der Waals surface area contributed by atoms with Crippen molar-refractivity contribution in [3.05, 3.63) is 96.6 Å². The lowest BCUT2D eigenvalue weighted by Crippen LogP contribution is -2.47. The lowest BCUT2D eigenvalue weighted by Gasteiger charge is -2.28. The summed E-state index contributed by atoms with van der Waals surface area (Å²) in [6.45, 7) is 9.46. The van der Waals surface area contributed by atoms with Gasteiger partial charge in [-0.3, -0.25) is 4.57 Å². The summed E-state index contributed by atoms with van der Waals surface area (Å²) in [6, 6.07) is 27.6. The van der Waals surface area contributed by atoms with Crippen molar-refractivity contribution in [1.82, 2.24) is 5.32 Å². The third-order valence-corrected chi connectivity index (χ3v) is 7.66. The Labute approximate surface area is 202 Å². The second-order valence-corrected chi connectivity index (χ2v) is 11.9. The van der Waals surface area contributed by atoms with Crippen LogP contribution in [0, 0.1) is 5.92 Å². The van der Waals surface area contributed by atoms with E-state index in [9.17, 15) is 9.36 Å². The van der Waals surface area contributed by atoms with Gasteiger partial charge in [-0.25, -0.2) is 9.56 Å². The van der Waals surface area contributed by atoms with E-state index in [2.05, 4.69) is 5.32 Å². The number of amides is 1. The van der Waals surface area contributed by atoms with Crippen LogP contribution in [-0.2, 0) is 9.30 Å². The Kier molecular flexibility index (Phi) is 8.11. The fourth-order valence-electron chi connectivity index (χ4n) is 3.57. The molecule has 1 atom stereocenters. The van der Waals surface area contributed by atoms with Crippen molar-refractivity contribution < 1.29 is 14.1 Å². The molecule has 0 aliphatic carbocycles.